The van der Waals surface area contributed by atoms with Crippen LogP contribution in [0.2, 0.25) is 36.3 Å². The summed E-state index contributed by atoms with van der Waals surface area (Å²) in [5.74, 6) is 6.07. The zero-order valence-electron chi connectivity index (χ0n) is 70.8. The molecule has 0 aliphatic heterocycles. The van der Waals surface area contributed by atoms with Crippen LogP contribution in [-0.4, -0.2) is 219 Å². The molecule has 0 aromatic rings. The Morgan fingerprint density at radius 2 is 0.402 bits per heavy atom. The van der Waals surface area contributed by atoms with Gasteiger partial charge in [0.15, 0.2) is 3.41 Å². The van der Waals surface area contributed by atoms with Crippen molar-refractivity contribution >= 4 is 300 Å². The molecule has 674 valence electrons. The standard InChI is InChI=1S/C64H142O18S24Si6/c1-22-61(20)47-48-63(90-102-96-84-50-42-56-108(68-26-5,69-27-6)70-28-7,91-103-97-85-51-43-57-109(71-29-8,72-30-9)73-31-10)62(21,89-101-95-83-49-41-55-107(65-23-2,66-24-3)67-25-4)64(92-104-98-86-52-44-58-110(74-32-11,75-33-12)76-34-13,93-105-99-87-53-45-59-111(77-35-14,78-36-15)79-37-16)94-106-100-88-54-46-60-112(80-38-17,81-39-18)82-40-19/h61H,22-60H2,1-21H3. The number of rotatable bonds is 90. The topological polar surface area (TPSA) is 166 Å². The fourth-order valence-electron chi connectivity index (χ4n) is 10.6. The van der Waals surface area contributed by atoms with E-state index < -0.39 is 65.1 Å². The van der Waals surface area contributed by atoms with E-state index in [2.05, 4.69) is 53.2 Å². The second kappa shape index (κ2) is 78.6. The maximum atomic E-state index is 6.37. The maximum absolute atomic E-state index is 6.37. The van der Waals surface area contributed by atoms with Gasteiger partial charge in [0.2, 0.25) is 0 Å². The van der Waals surface area contributed by atoms with Gasteiger partial charge in [-0.15, -0.1) is 0 Å². The SMILES string of the molecule is CCO[Si](CCCSSSSC(CCC(C)CC)(SSSSCCC[Si](OCC)(OCC)OCC)C(C)(SSSSCCC[Si](OCC)(OCC)OCC)C(SSSSCCC[Si](OCC)(OCC)OCC)(SSSSCCC[Si](OCC)(OCC)OCC)SSSSCCC[Si](OCC)(OCC)OCC)(OCC)OCC. The van der Waals surface area contributed by atoms with Gasteiger partial charge < -0.3 is 79.7 Å². The first-order valence-electron chi connectivity index (χ1n) is 39.6. The first kappa shape index (κ1) is 121. The molecule has 18 nitrogen and oxygen atoms in total. The van der Waals surface area contributed by atoms with Crippen LogP contribution >= 0.6 is 247 Å². The highest BCUT2D eigenvalue weighted by atomic mass is 33.7. The third kappa shape index (κ3) is 51.7. The van der Waals surface area contributed by atoms with Crippen LogP contribution in [0.4, 0.5) is 0 Å². The van der Waals surface area contributed by atoms with Crippen LogP contribution in [0, 0.1) is 5.92 Å². The van der Waals surface area contributed by atoms with Crippen molar-refractivity contribution < 1.29 is 79.7 Å². The third-order valence-electron chi connectivity index (χ3n) is 15.2. The molecule has 0 fully saturated rings. The fourth-order valence-corrected chi connectivity index (χ4v) is 80.8. The molecule has 0 aliphatic rings. The number of hydrogen-bond donors (Lipinski definition) is 0. The van der Waals surface area contributed by atoms with E-state index in [9.17, 15) is 0 Å². The molecule has 0 radical (unpaired) electrons. The van der Waals surface area contributed by atoms with Crippen molar-refractivity contribution in [1.82, 2.24) is 0 Å². The maximum Gasteiger partial charge on any atom is 0.500 e. The van der Waals surface area contributed by atoms with Gasteiger partial charge in [-0.2, -0.15) is 0 Å². The molecule has 0 N–H and O–H groups in total. The van der Waals surface area contributed by atoms with Gasteiger partial charge in [0.05, 0.1) is 4.75 Å². The normalized spacial score (nSPS) is 14.0. The molecule has 0 aromatic carbocycles. The van der Waals surface area contributed by atoms with Gasteiger partial charge in [0.25, 0.3) is 0 Å². The second-order valence-corrected chi connectivity index (χ2v) is 78.0. The Labute approximate surface area is 780 Å². The zero-order valence-corrected chi connectivity index (χ0v) is 96.4. The monoisotopic (exact) mass is 2130 g/mol. The second-order valence-electron chi connectivity index (χ2n) is 23.2. The molecule has 0 aliphatic carbocycles. The summed E-state index contributed by atoms with van der Waals surface area (Å²) < 4.78 is 113. The third-order valence-corrected chi connectivity index (χ3v) is 80.8. The Kier molecular flexibility index (Phi) is 84.9. The van der Waals surface area contributed by atoms with Crippen LogP contribution in [0.5, 0.6) is 0 Å². The van der Waals surface area contributed by atoms with Crippen LogP contribution in [0.3, 0.4) is 0 Å². The Bertz CT molecular complexity index is 1880. The van der Waals surface area contributed by atoms with Gasteiger partial charge in [0.1, 0.15) is 4.08 Å². The summed E-state index contributed by atoms with van der Waals surface area (Å²) >= 11 is 0. The summed E-state index contributed by atoms with van der Waals surface area (Å²) in [6, 6.07) is 4.66. The van der Waals surface area contributed by atoms with Crippen molar-refractivity contribution in [1.29, 1.82) is 0 Å². The molecular formula is C64H142O18S24Si6. The predicted octanol–water partition coefficient (Wildman–Crippen LogP) is 29.6. The van der Waals surface area contributed by atoms with E-state index in [-0.39, 0.29) is 0 Å². The number of hydrogen-bond acceptors (Lipinski definition) is 42. The summed E-state index contributed by atoms with van der Waals surface area (Å²) in [4.78, 5) is 0. The Balaban J connectivity index is 8.95. The molecule has 0 rings (SSSR count). The quantitative estimate of drug-likeness (QED) is 0.0244. The molecule has 0 bridgehead atoms. The van der Waals surface area contributed by atoms with Gasteiger partial charge in [0, 0.05) is 190 Å². The Morgan fingerprint density at radius 1 is 0.232 bits per heavy atom. The van der Waals surface area contributed by atoms with Crippen molar-refractivity contribution in [3.05, 3.63) is 0 Å². The molecule has 2 atom stereocenters. The zero-order chi connectivity index (χ0) is 83.4. The molecule has 0 amide bonds. The van der Waals surface area contributed by atoms with Gasteiger partial charge in [-0.3, -0.25) is 0 Å². The minimum atomic E-state index is -2.83. The van der Waals surface area contributed by atoms with Gasteiger partial charge in [-0.05, 0) is 339 Å². The average molecular weight is 2140 g/mol. The summed E-state index contributed by atoms with van der Waals surface area (Å²) in [5, 5.41) is 0. The highest BCUT2D eigenvalue weighted by molar-refractivity contribution is 9.33. The van der Waals surface area contributed by atoms with E-state index in [1.165, 1.54) is 0 Å². The molecule has 0 saturated heterocycles. The van der Waals surface area contributed by atoms with Gasteiger partial charge in [-0.25, -0.2) is 0 Å². The lowest BCUT2D eigenvalue weighted by Crippen LogP contribution is -2.55. The van der Waals surface area contributed by atoms with Crippen molar-refractivity contribution in [2.45, 2.75) is 252 Å². The average Bonchev–Trinajstić information content (AvgIpc) is 0.728. The van der Waals surface area contributed by atoms with Crippen molar-refractivity contribution in [2.75, 3.05) is 153 Å². The van der Waals surface area contributed by atoms with E-state index in [1.54, 1.807) is 0 Å². The van der Waals surface area contributed by atoms with Crippen molar-refractivity contribution in [3.63, 3.8) is 0 Å². The summed E-state index contributed by atoms with van der Waals surface area (Å²) in [6.07, 6.45) is 8.66. The van der Waals surface area contributed by atoms with Gasteiger partial charge in [-0.1, -0.05) is 117 Å². The highest BCUT2D eigenvalue weighted by Gasteiger charge is 2.65. The van der Waals surface area contributed by atoms with E-state index in [1.807, 2.05) is 340 Å². The Morgan fingerprint density at radius 3 is 0.571 bits per heavy atom. The van der Waals surface area contributed by atoms with E-state index in [0.29, 0.717) is 125 Å². The van der Waals surface area contributed by atoms with Crippen LogP contribution < -0.4 is 0 Å². The lowest BCUT2D eigenvalue weighted by Gasteiger charge is -2.54. The molecule has 0 saturated carbocycles. The molecule has 2 unspecified atom stereocenters. The molecule has 48 heteroatoms. The summed E-state index contributed by atoms with van der Waals surface area (Å²) in [7, 11) is 30.1. The van der Waals surface area contributed by atoms with E-state index >= 15 is 0 Å². The smallest absolute Gasteiger partial charge is 0.374 e. The van der Waals surface area contributed by atoms with Crippen molar-refractivity contribution in [3.8, 4) is 0 Å². The largest absolute Gasteiger partial charge is 0.500 e. The molecular weight excluding hydrogens is 1990 g/mol. The van der Waals surface area contributed by atoms with Crippen LogP contribution in [0.15, 0.2) is 0 Å². The first-order valence-corrected chi connectivity index (χ1v) is 81.1. The fraction of sp³-hybridized carbons (Fsp3) is 1.00. The lowest BCUT2D eigenvalue weighted by atomic mass is 9.96. The minimum Gasteiger partial charge on any atom is -0.374 e. The molecule has 0 aromatic heterocycles. The van der Waals surface area contributed by atoms with E-state index in [0.717, 1.165) is 129 Å². The predicted molar refractivity (Wildman–Crippen MR) is 554 cm³/mol. The molecule has 112 heavy (non-hydrogen) atoms. The molecule has 0 heterocycles. The summed E-state index contributed by atoms with van der Waals surface area (Å²) in [5.41, 5.74) is 0. The van der Waals surface area contributed by atoms with Crippen LogP contribution in [-0.2, 0) is 79.7 Å². The van der Waals surface area contributed by atoms with Crippen LogP contribution in [0.1, 0.15) is 203 Å². The molecule has 0 spiro atoms. The summed E-state index contributed by atoms with van der Waals surface area (Å²) in [6.45, 7) is 54.3. The highest BCUT2D eigenvalue weighted by Crippen LogP contribution is 2.81. The van der Waals surface area contributed by atoms with E-state index in [4.69, 9.17) is 79.7 Å². The van der Waals surface area contributed by atoms with Crippen molar-refractivity contribution in [2.24, 2.45) is 5.92 Å². The first-order chi connectivity index (χ1) is 54.3. The Hall–Kier alpha value is 8.98. The van der Waals surface area contributed by atoms with Crippen LogP contribution in [0.25, 0.3) is 0 Å². The lowest BCUT2D eigenvalue weighted by molar-refractivity contribution is 0.0704. The van der Waals surface area contributed by atoms with Gasteiger partial charge >= 0.3 is 52.8 Å². The minimum absolute atomic E-state index is 0.416.